The highest BCUT2D eigenvalue weighted by Gasteiger charge is 2.15. The van der Waals surface area contributed by atoms with E-state index in [0.717, 1.165) is 62.9 Å². The van der Waals surface area contributed by atoms with E-state index in [0.29, 0.717) is 12.1 Å². The van der Waals surface area contributed by atoms with Crippen LogP contribution >= 0.6 is 24.0 Å². The van der Waals surface area contributed by atoms with E-state index in [-0.39, 0.29) is 35.9 Å². The highest BCUT2D eigenvalue weighted by atomic mass is 127. The zero-order chi connectivity index (χ0) is 20.4. The van der Waals surface area contributed by atoms with Crippen molar-refractivity contribution in [2.24, 2.45) is 10.9 Å². The maximum Gasteiger partial charge on any atom is 0.251 e. The van der Waals surface area contributed by atoms with Crippen LogP contribution in [0.5, 0.6) is 0 Å². The van der Waals surface area contributed by atoms with Crippen LogP contribution in [0.15, 0.2) is 29.3 Å². The SMILES string of the molecule is CCC(C)NC(=O)c1cccc(CNC(=NC)N(C)CCC2CCOCC2)c1.I. The van der Waals surface area contributed by atoms with Gasteiger partial charge in [0, 0.05) is 52.0 Å². The van der Waals surface area contributed by atoms with Crippen molar-refractivity contribution in [1.82, 2.24) is 15.5 Å². The number of guanidine groups is 1. The fraction of sp³-hybridized carbons (Fsp3) is 0.636. The van der Waals surface area contributed by atoms with Crippen molar-refractivity contribution < 1.29 is 9.53 Å². The molecule has 0 radical (unpaired) electrons. The van der Waals surface area contributed by atoms with Gasteiger partial charge in [-0.15, -0.1) is 24.0 Å². The molecule has 29 heavy (non-hydrogen) atoms. The number of nitrogens with one attached hydrogen (secondary N) is 2. The van der Waals surface area contributed by atoms with Crippen molar-refractivity contribution in [3.8, 4) is 0 Å². The lowest BCUT2D eigenvalue weighted by atomic mass is 9.96. The Labute approximate surface area is 192 Å². The number of aliphatic imine (C=N–C) groups is 1. The van der Waals surface area contributed by atoms with Gasteiger partial charge in [-0.3, -0.25) is 9.79 Å². The Morgan fingerprint density at radius 2 is 2.07 bits per heavy atom. The van der Waals surface area contributed by atoms with Gasteiger partial charge >= 0.3 is 0 Å². The molecule has 0 saturated carbocycles. The molecule has 0 bridgehead atoms. The van der Waals surface area contributed by atoms with E-state index in [9.17, 15) is 4.79 Å². The highest BCUT2D eigenvalue weighted by Crippen LogP contribution is 2.18. The van der Waals surface area contributed by atoms with Gasteiger partial charge in [0.2, 0.25) is 0 Å². The third-order valence-corrected chi connectivity index (χ3v) is 5.42. The lowest BCUT2D eigenvalue weighted by Gasteiger charge is -2.27. The number of carbonyl (C=O) groups is 1. The third kappa shape index (κ3) is 8.90. The van der Waals surface area contributed by atoms with Crippen LogP contribution in [-0.4, -0.2) is 56.7 Å². The molecule has 164 valence electrons. The second-order valence-electron chi connectivity index (χ2n) is 7.65. The Morgan fingerprint density at radius 1 is 1.34 bits per heavy atom. The second kappa shape index (κ2) is 13.8. The molecule has 7 heteroatoms. The molecule has 1 heterocycles. The van der Waals surface area contributed by atoms with Gasteiger partial charge in [-0.25, -0.2) is 0 Å². The van der Waals surface area contributed by atoms with E-state index < -0.39 is 0 Å². The van der Waals surface area contributed by atoms with Crippen LogP contribution in [-0.2, 0) is 11.3 Å². The number of halogens is 1. The van der Waals surface area contributed by atoms with Crippen molar-refractivity contribution in [1.29, 1.82) is 0 Å². The van der Waals surface area contributed by atoms with Gasteiger partial charge in [0.05, 0.1) is 0 Å². The number of benzene rings is 1. The molecule has 1 aliphatic heterocycles. The van der Waals surface area contributed by atoms with Crippen molar-refractivity contribution in [3.05, 3.63) is 35.4 Å². The number of carbonyl (C=O) groups excluding carboxylic acids is 1. The van der Waals surface area contributed by atoms with Gasteiger partial charge in [0.1, 0.15) is 0 Å². The van der Waals surface area contributed by atoms with Crippen LogP contribution in [0, 0.1) is 5.92 Å². The van der Waals surface area contributed by atoms with Crippen molar-refractivity contribution in [2.75, 3.05) is 33.9 Å². The van der Waals surface area contributed by atoms with Crippen LogP contribution in [0.25, 0.3) is 0 Å². The largest absolute Gasteiger partial charge is 0.381 e. The molecule has 1 unspecified atom stereocenters. The normalized spacial score (nSPS) is 15.9. The molecule has 1 aliphatic rings. The summed E-state index contributed by atoms with van der Waals surface area (Å²) >= 11 is 0. The summed E-state index contributed by atoms with van der Waals surface area (Å²) in [7, 11) is 3.88. The summed E-state index contributed by atoms with van der Waals surface area (Å²) in [6.45, 7) is 7.48. The molecule has 0 aliphatic carbocycles. The first-order chi connectivity index (χ1) is 13.5. The fourth-order valence-corrected chi connectivity index (χ4v) is 3.31. The van der Waals surface area contributed by atoms with Crippen LogP contribution in [0.3, 0.4) is 0 Å². The molecule has 2 rings (SSSR count). The van der Waals surface area contributed by atoms with Crippen LogP contribution in [0.4, 0.5) is 0 Å². The number of amides is 1. The molecule has 1 saturated heterocycles. The molecule has 0 aromatic heterocycles. The van der Waals surface area contributed by atoms with Gasteiger partial charge in [-0.05, 0) is 56.2 Å². The molecule has 1 amide bonds. The van der Waals surface area contributed by atoms with Crippen LogP contribution in [0.1, 0.15) is 55.5 Å². The Balaban J connectivity index is 0.00000420. The quantitative estimate of drug-likeness (QED) is 0.315. The molecule has 1 aromatic carbocycles. The predicted molar refractivity (Wildman–Crippen MR) is 130 cm³/mol. The van der Waals surface area contributed by atoms with Crippen molar-refractivity contribution >= 4 is 35.8 Å². The summed E-state index contributed by atoms with van der Waals surface area (Å²) in [6.07, 6.45) is 4.39. The number of hydrogen-bond acceptors (Lipinski definition) is 3. The van der Waals surface area contributed by atoms with Crippen LogP contribution < -0.4 is 10.6 Å². The maximum atomic E-state index is 12.3. The number of rotatable bonds is 8. The Bertz CT molecular complexity index is 647. The lowest BCUT2D eigenvalue weighted by molar-refractivity contribution is 0.0625. The Kier molecular flexibility index (Phi) is 12.2. The monoisotopic (exact) mass is 516 g/mol. The van der Waals surface area contributed by atoms with E-state index in [1.807, 2.05) is 38.2 Å². The van der Waals surface area contributed by atoms with Crippen LogP contribution in [0.2, 0.25) is 0 Å². The van der Waals surface area contributed by atoms with Crippen molar-refractivity contribution in [3.63, 3.8) is 0 Å². The van der Waals surface area contributed by atoms with Gasteiger partial charge < -0.3 is 20.3 Å². The molecule has 6 nitrogen and oxygen atoms in total. The van der Waals surface area contributed by atoms with Gasteiger partial charge in [0.25, 0.3) is 5.91 Å². The molecule has 0 spiro atoms. The maximum absolute atomic E-state index is 12.3. The first-order valence-corrected chi connectivity index (χ1v) is 10.4. The first kappa shape index (κ1) is 25.7. The zero-order valence-electron chi connectivity index (χ0n) is 18.2. The van der Waals surface area contributed by atoms with E-state index in [2.05, 4.69) is 34.5 Å². The fourth-order valence-electron chi connectivity index (χ4n) is 3.31. The molecule has 1 aromatic rings. The summed E-state index contributed by atoms with van der Waals surface area (Å²) in [4.78, 5) is 18.9. The number of hydrogen-bond donors (Lipinski definition) is 2. The smallest absolute Gasteiger partial charge is 0.251 e. The molecule has 2 N–H and O–H groups in total. The number of ether oxygens (including phenoxy) is 1. The minimum Gasteiger partial charge on any atom is -0.381 e. The average Bonchev–Trinajstić information content (AvgIpc) is 2.73. The molecule has 1 atom stereocenters. The van der Waals surface area contributed by atoms with E-state index >= 15 is 0 Å². The van der Waals surface area contributed by atoms with Gasteiger partial charge in [0.15, 0.2) is 5.96 Å². The average molecular weight is 516 g/mol. The Morgan fingerprint density at radius 3 is 2.72 bits per heavy atom. The van der Waals surface area contributed by atoms with E-state index in [1.54, 1.807) is 0 Å². The van der Waals surface area contributed by atoms with Crippen molar-refractivity contribution in [2.45, 2.75) is 52.1 Å². The van der Waals surface area contributed by atoms with Gasteiger partial charge in [-0.2, -0.15) is 0 Å². The minimum atomic E-state index is -0.0193. The number of nitrogens with zero attached hydrogens (tertiary/aromatic N) is 2. The second-order valence-corrected chi connectivity index (χ2v) is 7.65. The summed E-state index contributed by atoms with van der Waals surface area (Å²) in [5.74, 6) is 1.60. The summed E-state index contributed by atoms with van der Waals surface area (Å²) in [6, 6.07) is 7.94. The third-order valence-electron chi connectivity index (χ3n) is 5.42. The summed E-state index contributed by atoms with van der Waals surface area (Å²) < 4.78 is 5.44. The summed E-state index contributed by atoms with van der Waals surface area (Å²) in [5, 5.41) is 6.43. The zero-order valence-corrected chi connectivity index (χ0v) is 20.6. The summed E-state index contributed by atoms with van der Waals surface area (Å²) in [5.41, 5.74) is 1.76. The predicted octanol–water partition coefficient (Wildman–Crippen LogP) is 3.66. The van der Waals surface area contributed by atoms with E-state index in [1.165, 1.54) is 0 Å². The standard InChI is InChI=1S/C22H36N4O2.HI/c1-5-17(2)25-21(27)20-8-6-7-19(15-20)16-24-22(23-3)26(4)12-9-18-10-13-28-14-11-18;/h6-8,15,17-18H,5,9-14,16H2,1-4H3,(H,23,24)(H,25,27);1H. The molecular formula is C22H37IN4O2. The molecule has 1 fully saturated rings. The van der Waals surface area contributed by atoms with Gasteiger partial charge in [-0.1, -0.05) is 19.1 Å². The van der Waals surface area contributed by atoms with E-state index in [4.69, 9.17) is 4.74 Å². The molecular weight excluding hydrogens is 479 g/mol. The highest BCUT2D eigenvalue weighted by molar-refractivity contribution is 14.0. The first-order valence-electron chi connectivity index (χ1n) is 10.4. The Hall–Kier alpha value is -1.35. The minimum absolute atomic E-state index is 0. The lowest BCUT2D eigenvalue weighted by Crippen LogP contribution is -2.39. The topological polar surface area (TPSA) is 66.0 Å².